The van der Waals surface area contributed by atoms with Crippen LogP contribution >= 0.6 is 11.3 Å². The van der Waals surface area contributed by atoms with Gasteiger partial charge in [0.25, 0.3) is 5.91 Å². The molecule has 0 unspecified atom stereocenters. The average Bonchev–Trinajstić information content (AvgIpc) is 3.04. The highest BCUT2D eigenvalue weighted by Gasteiger charge is 2.04. The van der Waals surface area contributed by atoms with Crippen LogP contribution in [0.15, 0.2) is 34.6 Å². The fourth-order valence-corrected chi connectivity index (χ4v) is 2.95. The lowest BCUT2D eigenvalue weighted by Gasteiger charge is -2.11. The van der Waals surface area contributed by atoms with Crippen molar-refractivity contribution in [2.24, 2.45) is 4.99 Å². The first-order valence-corrected chi connectivity index (χ1v) is 9.24. The molecule has 0 spiro atoms. The van der Waals surface area contributed by atoms with Crippen LogP contribution in [0.1, 0.15) is 33.5 Å². The first-order valence-electron chi connectivity index (χ1n) is 8.36. The molecule has 0 aliphatic carbocycles. The van der Waals surface area contributed by atoms with Gasteiger partial charge in [0, 0.05) is 37.5 Å². The predicted molar refractivity (Wildman–Crippen MR) is 103 cm³/mol. The fraction of sp³-hybridized carbons (Fsp3) is 0.389. The Bertz CT molecular complexity index is 726. The number of hydrogen-bond donors (Lipinski definition) is 3. The zero-order valence-electron chi connectivity index (χ0n) is 14.9. The molecule has 2 rings (SSSR count). The summed E-state index contributed by atoms with van der Waals surface area (Å²) in [6.45, 7) is 6.12. The quantitative estimate of drug-likeness (QED) is 0.523. The highest BCUT2D eigenvalue weighted by Crippen LogP contribution is 2.08. The maximum atomic E-state index is 11.7. The number of hydrogen-bond acceptors (Lipinski definition) is 4. The summed E-state index contributed by atoms with van der Waals surface area (Å²) in [7, 11) is 1.63. The van der Waals surface area contributed by atoms with Crippen molar-refractivity contribution in [3.63, 3.8) is 0 Å². The van der Waals surface area contributed by atoms with Crippen molar-refractivity contribution in [1.82, 2.24) is 20.9 Å². The maximum Gasteiger partial charge on any atom is 0.251 e. The highest BCUT2D eigenvalue weighted by molar-refractivity contribution is 7.09. The van der Waals surface area contributed by atoms with Crippen LogP contribution in [0.25, 0.3) is 0 Å². The summed E-state index contributed by atoms with van der Waals surface area (Å²) in [5, 5.41) is 12.4. The van der Waals surface area contributed by atoms with Gasteiger partial charge >= 0.3 is 0 Å². The molecule has 0 saturated heterocycles. The maximum absolute atomic E-state index is 11.7. The van der Waals surface area contributed by atoms with Gasteiger partial charge in [-0.2, -0.15) is 0 Å². The molecule has 0 fully saturated rings. The number of guanidine groups is 1. The number of aliphatic imine (C=N–C) groups is 1. The number of carbonyl (C=O) groups is 1. The second-order valence-electron chi connectivity index (χ2n) is 5.51. The van der Waals surface area contributed by atoms with Gasteiger partial charge in [0.05, 0.1) is 17.2 Å². The third-order valence-corrected chi connectivity index (χ3v) is 4.34. The van der Waals surface area contributed by atoms with E-state index in [1.165, 1.54) is 0 Å². The summed E-state index contributed by atoms with van der Waals surface area (Å²) in [5.74, 6) is 0.675. The molecule has 0 aliphatic rings. The Morgan fingerprint density at radius 3 is 2.84 bits per heavy atom. The molecular weight excluding hydrogens is 334 g/mol. The van der Waals surface area contributed by atoms with Gasteiger partial charge in [-0.05, 0) is 31.5 Å². The summed E-state index contributed by atoms with van der Waals surface area (Å²) < 4.78 is 0. The minimum absolute atomic E-state index is 0.0885. The number of nitrogens with one attached hydrogen (secondary N) is 3. The van der Waals surface area contributed by atoms with Crippen LogP contribution in [0.5, 0.6) is 0 Å². The highest BCUT2D eigenvalue weighted by atomic mass is 32.1. The zero-order chi connectivity index (χ0) is 18.1. The first-order chi connectivity index (χ1) is 12.1. The standard InChI is InChI=1S/C18H25N5OS/c1-4-20-18(21-9-8-16-12-25-13(2)23-16)22-11-14-6-5-7-15(10-14)17(24)19-3/h5-7,10,12H,4,8-9,11H2,1-3H3,(H,19,24)(H2,20,21,22). The van der Waals surface area contributed by atoms with Crippen LogP contribution in [0, 0.1) is 6.92 Å². The van der Waals surface area contributed by atoms with Gasteiger partial charge in [0.1, 0.15) is 0 Å². The van der Waals surface area contributed by atoms with Gasteiger partial charge in [-0.25, -0.2) is 9.98 Å². The van der Waals surface area contributed by atoms with Crippen LogP contribution in [-0.4, -0.2) is 37.0 Å². The number of amides is 1. The van der Waals surface area contributed by atoms with E-state index in [2.05, 4.69) is 31.3 Å². The van der Waals surface area contributed by atoms with Crippen molar-refractivity contribution in [2.75, 3.05) is 20.1 Å². The summed E-state index contributed by atoms with van der Waals surface area (Å²) in [6, 6.07) is 7.51. The lowest BCUT2D eigenvalue weighted by atomic mass is 10.1. The van der Waals surface area contributed by atoms with E-state index in [9.17, 15) is 4.79 Å². The molecule has 1 amide bonds. The molecule has 1 heterocycles. The number of benzene rings is 1. The molecule has 1 aromatic heterocycles. The minimum atomic E-state index is -0.0885. The predicted octanol–water partition coefficient (Wildman–Crippen LogP) is 2.11. The number of aromatic nitrogens is 1. The topological polar surface area (TPSA) is 78.4 Å². The van der Waals surface area contributed by atoms with Gasteiger partial charge in [-0.1, -0.05) is 12.1 Å². The van der Waals surface area contributed by atoms with Gasteiger partial charge < -0.3 is 16.0 Å². The van der Waals surface area contributed by atoms with E-state index in [0.29, 0.717) is 12.1 Å². The van der Waals surface area contributed by atoms with E-state index < -0.39 is 0 Å². The molecule has 3 N–H and O–H groups in total. The smallest absolute Gasteiger partial charge is 0.251 e. The number of carbonyl (C=O) groups excluding carboxylic acids is 1. The molecule has 25 heavy (non-hydrogen) atoms. The Balaban J connectivity index is 1.93. The van der Waals surface area contributed by atoms with E-state index in [0.717, 1.165) is 41.7 Å². The number of nitrogens with zero attached hydrogens (tertiary/aromatic N) is 2. The van der Waals surface area contributed by atoms with E-state index >= 15 is 0 Å². The van der Waals surface area contributed by atoms with E-state index in [-0.39, 0.29) is 5.91 Å². The van der Waals surface area contributed by atoms with Crippen molar-refractivity contribution >= 4 is 23.2 Å². The van der Waals surface area contributed by atoms with Crippen molar-refractivity contribution in [1.29, 1.82) is 0 Å². The zero-order valence-corrected chi connectivity index (χ0v) is 15.7. The van der Waals surface area contributed by atoms with Crippen molar-refractivity contribution in [3.8, 4) is 0 Å². The fourth-order valence-electron chi connectivity index (χ4n) is 2.30. The largest absolute Gasteiger partial charge is 0.357 e. The van der Waals surface area contributed by atoms with Crippen LogP contribution in [0.2, 0.25) is 0 Å². The molecule has 0 aliphatic heterocycles. The van der Waals surface area contributed by atoms with Crippen LogP contribution in [0.4, 0.5) is 0 Å². The van der Waals surface area contributed by atoms with Crippen LogP contribution in [0.3, 0.4) is 0 Å². The van der Waals surface area contributed by atoms with Crippen molar-refractivity contribution < 1.29 is 4.79 Å². The van der Waals surface area contributed by atoms with Gasteiger partial charge in [-0.15, -0.1) is 11.3 Å². The van der Waals surface area contributed by atoms with Crippen LogP contribution in [-0.2, 0) is 13.0 Å². The van der Waals surface area contributed by atoms with Crippen LogP contribution < -0.4 is 16.0 Å². The molecule has 0 bridgehead atoms. The van der Waals surface area contributed by atoms with Crippen molar-refractivity contribution in [2.45, 2.75) is 26.8 Å². The summed E-state index contributed by atoms with van der Waals surface area (Å²) >= 11 is 1.67. The molecule has 0 radical (unpaired) electrons. The normalized spacial score (nSPS) is 11.2. The molecule has 6 nitrogen and oxygen atoms in total. The summed E-state index contributed by atoms with van der Waals surface area (Å²) in [4.78, 5) is 20.8. The lowest BCUT2D eigenvalue weighted by Crippen LogP contribution is -2.38. The number of thiazole rings is 1. The Labute approximate surface area is 152 Å². The Hall–Kier alpha value is -2.41. The molecule has 1 aromatic carbocycles. The lowest BCUT2D eigenvalue weighted by molar-refractivity contribution is 0.0963. The third-order valence-electron chi connectivity index (χ3n) is 3.52. The minimum Gasteiger partial charge on any atom is -0.357 e. The number of rotatable bonds is 7. The molecule has 0 saturated carbocycles. The van der Waals surface area contributed by atoms with Gasteiger partial charge in [0.15, 0.2) is 5.96 Å². The van der Waals surface area contributed by atoms with Gasteiger partial charge in [0.2, 0.25) is 0 Å². The van der Waals surface area contributed by atoms with Gasteiger partial charge in [-0.3, -0.25) is 4.79 Å². The molecular formula is C18H25N5OS. The second kappa shape index (κ2) is 9.78. The SMILES string of the molecule is CCNC(=NCc1cccc(C(=O)NC)c1)NCCc1csc(C)n1. The first kappa shape index (κ1) is 18.9. The Morgan fingerprint density at radius 1 is 1.32 bits per heavy atom. The molecule has 7 heteroatoms. The van der Waals surface area contributed by atoms with E-state index in [1.54, 1.807) is 24.5 Å². The van der Waals surface area contributed by atoms with Crippen molar-refractivity contribution in [3.05, 3.63) is 51.5 Å². The summed E-state index contributed by atoms with van der Waals surface area (Å²) in [6.07, 6.45) is 0.862. The molecule has 2 aromatic rings. The Kier molecular flexibility index (Phi) is 7.40. The second-order valence-corrected chi connectivity index (χ2v) is 6.57. The Morgan fingerprint density at radius 2 is 2.16 bits per heavy atom. The van der Waals surface area contributed by atoms with E-state index in [4.69, 9.17) is 0 Å². The molecule has 134 valence electrons. The number of aryl methyl sites for hydroxylation is 1. The average molecular weight is 359 g/mol. The monoisotopic (exact) mass is 359 g/mol. The molecule has 0 atom stereocenters. The summed E-state index contributed by atoms with van der Waals surface area (Å²) in [5.41, 5.74) is 2.74. The van der Waals surface area contributed by atoms with E-state index in [1.807, 2.05) is 32.0 Å². The third kappa shape index (κ3) is 6.19.